The molecule has 0 fully saturated rings. The summed E-state index contributed by atoms with van der Waals surface area (Å²) in [4.78, 5) is 0. The second-order valence-corrected chi connectivity index (χ2v) is 4.56. The predicted octanol–water partition coefficient (Wildman–Crippen LogP) is 2.95. The minimum atomic E-state index is 0.189. The molecule has 14 heavy (non-hydrogen) atoms. The minimum absolute atomic E-state index is 0.189. The standard InChI is InChI=1S/C12H21NO/c1-5-13-10(2)8-12(3,4)11-6-7-14-9-11/h6-7,9-10,13H,5,8H2,1-4H3. The number of rotatable bonds is 5. The predicted molar refractivity (Wildman–Crippen MR) is 59.5 cm³/mol. The summed E-state index contributed by atoms with van der Waals surface area (Å²) in [5.41, 5.74) is 1.47. The van der Waals surface area contributed by atoms with E-state index in [4.69, 9.17) is 4.42 Å². The molecule has 1 N–H and O–H groups in total. The van der Waals surface area contributed by atoms with Gasteiger partial charge >= 0.3 is 0 Å². The van der Waals surface area contributed by atoms with E-state index in [0.29, 0.717) is 6.04 Å². The van der Waals surface area contributed by atoms with E-state index >= 15 is 0 Å². The highest BCUT2D eigenvalue weighted by molar-refractivity contribution is 5.17. The van der Waals surface area contributed by atoms with Crippen LogP contribution in [0.25, 0.3) is 0 Å². The van der Waals surface area contributed by atoms with Gasteiger partial charge in [0.05, 0.1) is 12.5 Å². The smallest absolute Gasteiger partial charge is 0.0939 e. The first kappa shape index (κ1) is 11.3. The van der Waals surface area contributed by atoms with Gasteiger partial charge in [-0.05, 0) is 36.9 Å². The highest BCUT2D eigenvalue weighted by Crippen LogP contribution is 2.28. The van der Waals surface area contributed by atoms with E-state index in [1.165, 1.54) is 5.56 Å². The summed E-state index contributed by atoms with van der Waals surface area (Å²) in [6.07, 6.45) is 4.72. The SMILES string of the molecule is CCNC(C)CC(C)(C)c1ccoc1. The molecular weight excluding hydrogens is 174 g/mol. The number of hydrogen-bond donors (Lipinski definition) is 1. The van der Waals surface area contributed by atoms with Crippen molar-refractivity contribution in [2.24, 2.45) is 0 Å². The van der Waals surface area contributed by atoms with E-state index in [1.54, 1.807) is 6.26 Å². The van der Waals surface area contributed by atoms with Crippen LogP contribution in [0.1, 0.15) is 39.7 Å². The lowest BCUT2D eigenvalue weighted by molar-refractivity contribution is 0.391. The molecule has 1 unspecified atom stereocenters. The van der Waals surface area contributed by atoms with Crippen LogP contribution in [-0.2, 0) is 5.41 Å². The lowest BCUT2D eigenvalue weighted by Crippen LogP contribution is -2.32. The topological polar surface area (TPSA) is 25.2 Å². The monoisotopic (exact) mass is 195 g/mol. The van der Waals surface area contributed by atoms with Crippen LogP contribution in [0.5, 0.6) is 0 Å². The van der Waals surface area contributed by atoms with Crippen molar-refractivity contribution >= 4 is 0 Å². The van der Waals surface area contributed by atoms with Crippen molar-refractivity contribution in [1.82, 2.24) is 5.32 Å². The third kappa shape index (κ3) is 2.88. The van der Waals surface area contributed by atoms with Crippen LogP contribution in [0.15, 0.2) is 23.0 Å². The Kier molecular flexibility index (Phi) is 3.76. The van der Waals surface area contributed by atoms with E-state index in [-0.39, 0.29) is 5.41 Å². The highest BCUT2D eigenvalue weighted by atomic mass is 16.3. The summed E-state index contributed by atoms with van der Waals surface area (Å²) in [6, 6.07) is 2.60. The number of nitrogens with one attached hydrogen (secondary N) is 1. The van der Waals surface area contributed by atoms with Crippen LogP contribution in [0.2, 0.25) is 0 Å². The molecule has 0 spiro atoms. The maximum Gasteiger partial charge on any atom is 0.0939 e. The minimum Gasteiger partial charge on any atom is -0.472 e. The zero-order chi connectivity index (χ0) is 10.6. The van der Waals surface area contributed by atoms with Crippen LogP contribution in [0.3, 0.4) is 0 Å². The van der Waals surface area contributed by atoms with Gasteiger partial charge in [0, 0.05) is 6.04 Å². The zero-order valence-corrected chi connectivity index (χ0v) is 9.63. The Morgan fingerprint density at radius 2 is 2.21 bits per heavy atom. The average Bonchev–Trinajstić information content (AvgIpc) is 2.54. The van der Waals surface area contributed by atoms with Gasteiger partial charge in [0.25, 0.3) is 0 Å². The Morgan fingerprint density at radius 1 is 1.50 bits per heavy atom. The van der Waals surface area contributed by atoms with Gasteiger partial charge in [-0.1, -0.05) is 20.8 Å². The normalized spacial score (nSPS) is 14.3. The molecule has 1 aromatic heterocycles. The molecular formula is C12H21NO. The lowest BCUT2D eigenvalue weighted by Gasteiger charge is -2.27. The third-order valence-electron chi connectivity index (χ3n) is 2.67. The largest absolute Gasteiger partial charge is 0.472 e. The van der Waals surface area contributed by atoms with Crippen LogP contribution in [0.4, 0.5) is 0 Å². The molecule has 0 bridgehead atoms. The average molecular weight is 195 g/mol. The van der Waals surface area contributed by atoms with E-state index in [1.807, 2.05) is 6.26 Å². The fourth-order valence-corrected chi connectivity index (χ4v) is 1.95. The first-order valence-electron chi connectivity index (χ1n) is 5.32. The van der Waals surface area contributed by atoms with E-state index in [2.05, 4.69) is 39.1 Å². The van der Waals surface area contributed by atoms with Crippen LogP contribution >= 0.6 is 0 Å². The van der Waals surface area contributed by atoms with Crippen LogP contribution in [-0.4, -0.2) is 12.6 Å². The first-order chi connectivity index (χ1) is 6.56. The second-order valence-electron chi connectivity index (χ2n) is 4.56. The molecule has 0 saturated heterocycles. The van der Waals surface area contributed by atoms with Crippen molar-refractivity contribution in [2.45, 2.75) is 45.6 Å². The Morgan fingerprint density at radius 3 is 2.71 bits per heavy atom. The van der Waals surface area contributed by atoms with Gasteiger partial charge in [0.2, 0.25) is 0 Å². The van der Waals surface area contributed by atoms with Gasteiger partial charge in [-0.25, -0.2) is 0 Å². The maximum absolute atomic E-state index is 5.12. The molecule has 2 nitrogen and oxygen atoms in total. The van der Waals surface area contributed by atoms with Crippen LogP contribution in [0, 0.1) is 0 Å². The van der Waals surface area contributed by atoms with E-state index in [9.17, 15) is 0 Å². The molecule has 0 aromatic carbocycles. The molecule has 1 rings (SSSR count). The molecule has 80 valence electrons. The first-order valence-corrected chi connectivity index (χ1v) is 5.32. The Bertz CT molecular complexity index is 251. The van der Waals surface area contributed by atoms with Crippen molar-refractivity contribution in [3.05, 3.63) is 24.2 Å². The number of hydrogen-bond acceptors (Lipinski definition) is 2. The van der Waals surface area contributed by atoms with Crippen molar-refractivity contribution in [1.29, 1.82) is 0 Å². The number of furan rings is 1. The molecule has 0 amide bonds. The molecule has 1 atom stereocenters. The van der Waals surface area contributed by atoms with Gasteiger partial charge in [-0.15, -0.1) is 0 Å². The molecule has 0 aliphatic heterocycles. The van der Waals surface area contributed by atoms with Gasteiger partial charge in [-0.3, -0.25) is 0 Å². The molecule has 2 heteroatoms. The summed E-state index contributed by atoms with van der Waals surface area (Å²) in [5.74, 6) is 0. The summed E-state index contributed by atoms with van der Waals surface area (Å²) in [6.45, 7) is 9.91. The molecule has 0 saturated carbocycles. The molecule has 0 aliphatic carbocycles. The third-order valence-corrected chi connectivity index (χ3v) is 2.67. The Hall–Kier alpha value is -0.760. The van der Waals surface area contributed by atoms with Crippen molar-refractivity contribution in [3.8, 4) is 0 Å². The molecule has 0 radical (unpaired) electrons. The Balaban J connectivity index is 2.58. The van der Waals surface area contributed by atoms with Crippen molar-refractivity contribution in [3.63, 3.8) is 0 Å². The van der Waals surface area contributed by atoms with Crippen molar-refractivity contribution < 1.29 is 4.42 Å². The fraction of sp³-hybridized carbons (Fsp3) is 0.667. The highest BCUT2D eigenvalue weighted by Gasteiger charge is 2.23. The summed E-state index contributed by atoms with van der Waals surface area (Å²) >= 11 is 0. The quantitative estimate of drug-likeness (QED) is 0.781. The van der Waals surface area contributed by atoms with Crippen molar-refractivity contribution in [2.75, 3.05) is 6.54 Å². The van der Waals surface area contributed by atoms with Gasteiger partial charge in [-0.2, -0.15) is 0 Å². The Labute approximate surface area is 86.7 Å². The van der Waals surface area contributed by atoms with Crippen LogP contribution < -0.4 is 5.32 Å². The maximum atomic E-state index is 5.12. The summed E-state index contributed by atoms with van der Waals surface area (Å²) < 4.78 is 5.12. The molecule has 1 aromatic rings. The second kappa shape index (κ2) is 4.65. The molecule has 1 heterocycles. The summed E-state index contributed by atoms with van der Waals surface area (Å²) in [7, 11) is 0. The van der Waals surface area contributed by atoms with E-state index < -0.39 is 0 Å². The molecule has 0 aliphatic rings. The lowest BCUT2D eigenvalue weighted by atomic mass is 9.81. The van der Waals surface area contributed by atoms with Gasteiger partial charge in [0.1, 0.15) is 0 Å². The fourth-order valence-electron chi connectivity index (χ4n) is 1.95. The zero-order valence-electron chi connectivity index (χ0n) is 9.63. The van der Waals surface area contributed by atoms with Gasteiger partial charge < -0.3 is 9.73 Å². The van der Waals surface area contributed by atoms with E-state index in [0.717, 1.165) is 13.0 Å². The van der Waals surface area contributed by atoms with Gasteiger partial charge in [0.15, 0.2) is 0 Å². The summed E-state index contributed by atoms with van der Waals surface area (Å²) in [5, 5.41) is 3.43.